The number of nitrogens with zero attached hydrogens (tertiary/aromatic N) is 1. The van der Waals surface area contributed by atoms with E-state index in [1.54, 1.807) is 13.8 Å². The van der Waals surface area contributed by atoms with E-state index in [1.165, 1.54) is 0 Å². The number of carboxylic acid groups (broad SMARTS) is 1. The highest BCUT2D eigenvalue weighted by Crippen LogP contribution is 2.22. The largest absolute Gasteiger partial charge is 0.480 e. The zero-order valence-electron chi connectivity index (χ0n) is 12.4. The van der Waals surface area contributed by atoms with Gasteiger partial charge in [0, 0.05) is 12.1 Å². The molecular formula is C14H26N2O3. The van der Waals surface area contributed by atoms with Crippen LogP contribution in [0.3, 0.4) is 0 Å². The van der Waals surface area contributed by atoms with E-state index in [2.05, 4.69) is 19.2 Å². The smallest absolute Gasteiger partial charge is 0.323 e. The Morgan fingerprint density at radius 3 is 2.26 bits per heavy atom. The average molecular weight is 270 g/mol. The zero-order chi connectivity index (χ0) is 14.6. The summed E-state index contributed by atoms with van der Waals surface area (Å²) in [6, 6.07) is 0.492. The van der Waals surface area contributed by atoms with Crippen LogP contribution in [0.25, 0.3) is 0 Å². The second-order valence-corrected chi connectivity index (χ2v) is 5.77. The molecule has 110 valence electrons. The molecule has 0 spiro atoms. The van der Waals surface area contributed by atoms with Gasteiger partial charge in [-0.2, -0.15) is 0 Å². The highest BCUT2D eigenvalue weighted by Gasteiger charge is 2.33. The molecule has 0 aromatic rings. The fourth-order valence-electron chi connectivity index (χ4n) is 2.63. The number of piperidine rings is 1. The number of rotatable bonds is 5. The van der Waals surface area contributed by atoms with Crippen molar-refractivity contribution in [2.24, 2.45) is 0 Å². The second-order valence-electron chi connectivity index (χ2n) is 5.77. The van der Waals surface area contributed by atoms with Crippen molar-refractivity contribution in [3.05, 3.63) is 0 Å². The Bertz CT molecular complexity index is 336. The van der Waals surface area contributed by atoms with Gasteiger partial charge in [0.1, 0.15) is 5.54 Å². The molecule has 19 heavy (non-hydrogen) atoms. The Hall–Kier alpha value is -1.10. The monoisotopic (exact) mass is 270 g/mol. The summed E-state index contributed by atoms with van der Waals surface area (Å²) in [5.74, 6) is -0.914. The molecule has 1 rings (SSSR count). The van der Waals surface area contributed by atoms with Crippen LogP contribution in [0.2, 0.25) is 0 Å². The van der Waals surface area contributed by atoms with E-state index in [0.29, 0.717) is 6.42 Å². The third kappa shape index (κ3) is 3.69. The van der Waals surface area contributed by atoms with E-state index >= 15 is 0 Å². The molecule has 5 heteroatoms. The highest BCUT2D eigenvalue weighted by atomic mass is 16.4. The van der Waals surface area contributed by atoms with Crippen LogP contribution in [0.4, 0.5) is 0 Å². The average Bonchev–Trinajstić information content (AvgIpc) is 2.35. The van der Waals surface area contributed by atoms with Crippen LogP contribution in [0, 0.1) is 0 Å². The molecular weight excluding hydrogens is 244 g/mol. The minimum Gasteiger partial charge on any atom is -0.480 e. The molecule has 0 radical (unpaired) electrons. The number of nitrogens with one attached hydrogen (secondary N) is 1. The Morgan fingerprint density at radius 1 is 1.32 bits per heavy atom. The Labute approximate surface area is 115 Å². The molecule has 1 aliphatic rings. The Balaban J connectivity index is 2.61. The Morgan fingerprint density at radius 2 is 1.84 bits per heavy atom. The summed E-state index contributed by atoms with van der Waals surface area (Å²) < 4.78 is 0. The first kappa shape index (κ1) is 16.0. The fraction of sp³-hybridized carbons (Fsp3) is 0.857. The standard InChI is InChI=1S/C14H26N2O3/c1-5-14(4,13(18)19)15-9-12(17)16-10(2)7-6-8-11(16)3/h10-11,15H,5-9H2,1-4H3,(H,18,19). The molecule has 1 amide bonds. The van der Waals surface area contributed by atoms with E-state index in [0.717, 1.165) is 19.3 Å². The maximum absolute atomic E-state index is 12.3. The van der Waals surface area contributed by atoms with E-state index in [-0.39, 0.29) is 24.5 Å². The number of carboxylic acids is 1. The molecule has 0 aromatic carbocycles. The Kier molecular flexibility index (Phi) is 5.35. The lowest BCUT2D eigenvalue weighted by Crippen LogP contribution is -2.56. The number of hydrogen-bond acceptors (Lipinski definition) is 3. The van der Waals surface area contributed by atoms with Crippen molar-refractivity contribution in [1.29, 1.82) is 0 Å². The van der Waals surface area contributed by atoms with Crippen molar-refractivity contribution in [1.82, 2.24) is 10.2 Å². The molecule has 0 aliphatic carbocycles. The molecule has 0 saturated carbocycles. The van der Waals surface area contributed by atoms with Gasteiger partial charge in [-0.1, -0.05) is 6.92 Å². The van der Waals surface area contributed by atoms with Crippen LogP contribution >= 0.6 is 0 Å². The van der Waals surface area contributed by atoms with Crippen LogP contribution < -0.4 is 5.32 Å². The lowest BCUT2D eigenvalue weighted by atomic mass is 9.96. The van der Waals surface area contributed by atoms with Gasteiger partial charge in [-0.3, -0.25) is 14.9 Å². The fourth-order valence-corrected chi connectivity index (χ4v) is 2.63. The lowest BCUT2D eigenvalue weighted by molar-refractivity contribution is -0.145. The first-order valence-corrected chi connectivity index (χ1v) is 7.11. The first-order chi connectivity index (χ1) is 8.81. The lowest BCUT2D eigenvalue weighted by Gasteiger charge is -2.39. The van der Waals surface area contributed by atoms with E-state index in [4.69, 9.17) is 0 Å². The van der Waals surface area contributed by atoms with Gasteiger partial charge in [-0.25, -0.2) is 0 Å². The van der Waals surface area contributed by atoms with E-state index < -0.39 is 11.5 Å². The summed E-state index contributed by atoms with van der Waals surface area (Å²) in [5, 5.41) is 12.1. The van der Waals surface area contributed by atoms with Crippen molar-refractivity contribution < 1.29 is 14.7 Å². The number of carbonyl (C=O) groups excluding carboxylic acids is 1. The van der Waals surface area contributed by atoms with Gasteiger partial charge in [0.15, 0.2) is 0 Å². The van der Waals surface area contributed by atoms with Gasteiger partial charge >= 0.3 is 5.97 Å². The number of likely N-dealkylation sites (tertiary alicyclic amines) is 1. The van der Waals surface area contributed by atoms with Crippen molar-refractivity contribution in [2.75, 3.05) is 6.54 Å². The van der Waals surface area contributed by atoms with Crippen LogP contribution in [0.15, 0.2) is 0 Å². The van der Waals surface area contributed by atoms with Crippen molar-refractivity contribution in [3.8, 4) is 0 Å². The summed E-state index contributed by atoms with van der Waals surface area (Å²) in [6.07, 6.45) is 3.65. The molecule has 1 fully saturated rings. The maximum atomic E-state index is 12.3. The summed E-state index contributed by atoms with van der Waals surface area (Å²) in [5.41, 5.74) is -1.03. The van der Waals surface area contributed by atoms with Gasteiger partial charge in [0.05, 0.1) is 6.54 Å². The van der Waals surface area contributed by atoms with Gasteiger partial charge in [0.2, 0.25) is 5.91 Å². The first-order valence-electron chi connectivity index (χ1n) is 7.11. The minimum atomic E-state index is -1.03. The third-order valence-electron chi connectivity index (χ3n) is 4.29. The molecule has 3 atom stereocenters. The van der Waals surface area contributed by atoms with Crippen LogP contribution in [0.1, 0.15) is 53.4 Å². The van der Waals surface area contributed by atoms with Crippen LogP contribution in [-0.2, 0) is 9.59 Å². The van der Waals surface area contributed by atoms with Crippen molar-refractivity contribution in [2.45, 2.75) is 71.0 Å². The summed E-state index contributed by atoms with van der Waals surface area (Å²) in [4.78, 5) is 25.4. The van der Waals surface area contributed by atoms with Crippen molar-refractivity contribution in [3.63, 3.8) is 0 Å². The summed E-state index contributed by atoms with van der Waals surface area (Å²) in [7, 11) is 0. The number of amides is 1. The number of carbonyl (C=O) groups is 2. The maximum Gasteiger partial charge on any atom is 0.323 e. The molecule has 1 heterocycles. The summed E-state index contributed by atoms with van der Waals surface area (Å²) in [6.45, 7) is 7.63. The minimum absolute atomic E-state index is 0.000579. The zero-order valence-corrected chi connectivity index (χ0v) is 12.4. The van der Waals surface area contributed by atoms with Crippen molar-refractivity contribution >= 4 is 11.9 Å². The van der Waals surface area contributed by atoms with E-state index in [1.807, 2.05) is 4.90 Å². The normalized spacial score (nSPS) is 26.8. The molecule has 5 nitrogen and oxygen atoms in total. The van der Waals surface area contributed by atoms with Gasteiger partial charge in [-0.15, -0.1) is 0 Å². The van der Waals surface area contributed by atoms with Gasteiger partial charge < -0.3 is 10.0 Å². The predicted octanol–water partition coefficient (Wildman–Crippen LogP) is 1.62. The molecule has 0 bridgehead atoms. The molecule has 3 unspecified atom stereocenters. The third-order valence-corrected chi connectivity index (χ3v) is 4.29. The quantitative estimate of drug-likeness (QED) is 0.796. The number of aliphatic carboxylic acids is 1. The topological polar surface area (TPSA) is 69.6 Å². The SMILES string of the molecule is CCC(C)(NCC(=O)N1C(C)CCCC1C)C(=O)O. The summed E-state index contributed by atoms with van der Waals surface area (Å²) >= 11 is 0. The predicted molar refractivity (Wildman–Crippen MR) is 74.0 cm³/mol. The molecule has 2 N–H and O–H groups in total. The van der Waals surface area contributed by atoms with Crippen LogP contribution in [0.5, 0.6) is 0 Å². The van der Waals surface area contributed by atoms with E-state index in [9.17, 15) is 14.7 Å². The number of hydrogen-bond donors (Lipinski definition) is 2. The van der Waals surface area contributed by atoms with Gasteiger partial charge in [0.25, 0.3) is 0 Å². The highest BCUT2D eigenvalue weighted by molar-refractivity contribution is 5.82. The molecule has 1 saturated heterocycles. The van der Waals surface area contributed by atoms with Crippen LogP contribution in [-0.4, -0.2) is 46.1 Å². The second kappa shape index (κ2) is 6.37. The molecule has 1 aliphatic heterocycles. The van der Waals surface area contributed by atoms with Gasteiger partial charge in [-0.05, 0) is 46.5 Å². The molecule has 0 aromatic heterocycles.